The van der Waals surface area contributed by atoms with Gasteiger partial charge in [-0.3, -0.25) is 4.79 Å². The molecule has 0 saturated heterocycles. The number of Topliss-reactive ketones (excluding diaryl/α,β-unsaturated/α-hetero) is 1. The maximum absolute atomic E-state index is 12.9. The highest BCUT2D eigenvalue weighted by Crippen LogP contribution is 2.30. The summed E-state index contributed by atoms with van der Waals surface area (Å²) in [5.41, 5.74) is 4.72. The number of benzene rings is 2. The van der Waals surface area contributed by atoms with Crippen LogP contribution in [0.3, 0.4) is 0 Å². The molecule has 3 rings (SSSR count). The van der Waals surface area contributed by atoms with Gasteiger partial charge in [0.2, 0.25) is 0 Å². The number of fused-ring (bicyclic) bond motifs is 2. The molecule has 1 aliphatic rings. The summed E-state index contributed by atoms with van der Waals surface area (Å²) in [5.74, 6) is 0.0609. The van der Waals surface area contributed by atoms with Gasteiger partial charge in [0, 0.05) is 31.4 Å². The third-order valence-electron chi connectivity index (χ3n) is 3.73. The molecule has 0 fully saturated rings. The summed E-state index contributed by atoms with van der Waals surface area (Å²) >= 11 is 0. The van der Waals surface area contributed by atoms with Crippen molar-refractivity contribution in [1.29, 1.82) is 0 Å². The lowest BCUT2D eigenvalue weighted by Gasteiger charge is -2.07. The zero-order valence-corrected chi connectivity index (χ0v) is 12.8. The van der Waals surface area contributed by atoms with Gasteiger partial charge in [-0.15, -0.1) is 0 Å². The van der Waals surface area contributed by atoms with Crippen LogP contribution < -0.4 is 0 Å². The van der Waals surface area contributed by atoms with Crippen molar-refractivity contribution in [2.45, 2.75) is 6.42 Å². The maximum Gasteiger partial charge on any atom is 0.193 e. The highest BCUT2D eigenvalue weighted by molar-refractivity contribution is 6.31. The normalized spacial score (nSPS) is 15.5. The number of ketones is 1. The van der Waals surface area contributed by atoms with Crippen LogP contribution in [0, 0.1) is 0 Å². The highest BCUT2D eigenvalue weighted by atomic mass is 16.1. The van der Waals surface area contributed by atoms with E-state index in [0.29, 0.717) is 5.57 Å². The topological polar surface area (TPSA) is 32.7 Å². The van der Waals surface area contributed by atoms with Crippen LogP contribution >= 0.6 is 0 Å². The summed E-state index contributed by atoms with van der Waals surface area (Å²) in [6.07, 6.45) is 4.27. The molecule has 110 valence electrons. The summed E-state index contributed by atoms with van der Waals surface area (Å²) in [5, 5.41) is 5.90. The Kier molecular flexibility index (Phi) is 3.88. The molecule has 0 bridgehead atoms. The Morgan fingerprint density at radius 1 is 0.955 bits per heavy atom. The average Bonchev–Trinajstić information content (AvgIpc) is 2.63. The van der Waals surface area contributed by atoms with E-state index in [1.807, 2.05) is 62.6 Å². The van der Waals surface area contributed by atoms with Gasteiger partial charge in [0.25, 0.3) is 0 Å². The van der Waals surface area contributed by atoms with E-state index < -0.39 is 0 Å². The molecular formula is C19H18N2O. The molecule has 0 atom stereocenters. The van der Waals surface area contributed by atoms with Gasteiger partial charge in [-0.2, -0.15) is 5.10 Å². The first-order valence-corrected chi connectivity index (χ1v) is 7.29. The Labute approximate surface area is 130 Å². The highest BCUT2D eigenvalue weighted by Gasteiger charge is 2.23. The lowest BCUT2D eigenvalue weighted by atomic mass is 9.96. The quantitative estimate of drug-likeness (QED) is 0.482. The minimum Gasteiger partial charge on any atom is -0.303 e. The third kappa shape index (κ3) is 2.70. The van der Waals surface area contributed by atoms with Crippen molar-refractivity contribution < 1.29 is 4.79 Å². The Hall–Kier alpha value is -2.68. The first kappa shape index (κ1) is 14.3. The monoisotopic (exact) mass is 290 g/mol. The van der Waals surface area contributed by atoms with Gasteiger partial charge in [0.15, 0.2) is 5.78 Å². The van der Waals surface area contributed by atoms with Crippen LogP contribution in [0.4, 0.5) is 0 Å². The fourth-order valence-electron chi connectivity index (χ4n) is 2.71. The molecule has 0 saturated carbocycles. The van der Waals surface area contributed by atoms with Crippen LogP contribution in [0.5, 0.6) is 0 Å². The fraction of sp³-hybridized carbons (Fsp3) is 0.158. The smallest absolute Gasteiger partial charge is 0.193 e. The number of rotatable bonds is 2. The van der Waals surface area contributed by atoms with Crippen molar-refractivity contribution in [3.8, 4) is 0 Å². The van der Waals surface area contributed by atoms with Gasteiger partial charge in [-0.05, 0) is 29.2 Å². The summed E-state index contributed by atoms with van der Waals surface area (Å²) in [4.78, 5) is 12.9. The maximum atomic E-state index is 12.9. The Balaban J connectivity index is 2.17. The van der Waals surface area contributed by atoms with Gasteiger partial charge < -0.3 is 5.01 Å². The number of carbonyl (C=O) groups is 1. The molecule has 3 nitrogen and oxygen atoms in total. The summed E-state index contributed by atoms with van der Waals surface area (Å²) in [6, 6.07) is 15.9. The molecule has 1 aliphatic carbocycles. The Morgan fingerprint density at radius 3 is 2.23 bits per heavy atom. The van der Waals surface area contributed by atoms with Crippen molar-refractivity contribution in [3.63, 3.8) is 0 Å². The predicted octanol–water partition coefficient (Wildman–Crippen LogP) is 3.40. The largest absolute Gasteiger partial charge is 0.303 e. The molecule has 22 heavy (non-hydrogen) atoms. The Morgan fingerprint density at radius 2 is 1.55 bits per heavy atom. The second-order valence-electron chi connectivity index (χ2n) is 5.51. The second-order valence-corrected chi connectivity index (χ2v) is 5.51. The standard InChI is InChI=1S/C19H18N2O/c1-21(2)20-12-11-18-16-9-5-3-7-14(16)13-15-8-4-6-10-17(15)19(18)22/h3-12H,13H2,1-2H3/b18-11-,20-12+. The molecule has 0 unspecified atom stereocenters. The van der Waals surface area contributed by atoms with Crippen molar-refractivity contribution in [2.24, 2.45) is 5.10 Å². The van der Waals surface area contributed by atoms with E-state index in [1.54, 1.807) is 11.2 Å². The number of hydrogen-bond donors (Lipinski definition) is 0. The van der Waals surface area contributed by atoms with Crippen molar-refractivity contribution in [1.82, 2.24) is 5.01 Å². The average molecular weight is 290 g/mol. The lowest BCUT2D eigenvalue weighted by molar-refractivity contribution is 0.105. The first-order chi connectivity index (χ1) is 10.7. The SMILES string of the molecule is CN(C)/N=C/C=C1\C(=O)c2ccccc2Cc2ccccc21. The van der Waals surface area contributed by atoms with Crippen molar-refractivity contribution in [3.05, 3.63) is 76.9 Å². The number of hydrazone groups is 1. The number of allylic oxidation sites excluding steroid dienone is 2. The molecular weight excluding hydrogens is 272 g/mol. The van der Waals surface area contributed by atoms with Crippen LogP contribution in [0.25, 0.3) is 5.57 Å². The second kappa shape index (κ2) is 5.98. The molecule has 0 aromatic heterocycles. The molecule has 0 heterocycles. The summed E-state index contributed by atoms with van der Waals surface area (Å²) in [6.45, 7) is 0. The van der Waals surface area contributed by atoms with Gasteiger partial charge >= 0.3 is 0 Å². The molecule has 0 aliphatic heterocycles. The molecule has 0 N–H and O–H groups in total. The fourth-order valence-corrected chi connectivity index (χ4v) is 2.71. The zero-order valence-electron chi connectivity index (χ0n) is 12.8. The van der Waals surface area contributed by atoms with Crippen LogP contribution in [0.1, 0.15) is 27.0 Å². The molecule has 2 aromatic carbocycles. The van der Waals surface area contributed by atoms with E-state index in [2.05, 4.69) is 11.2 Å². The van der Waals surface area contributed by atoms with Crippen LogP contribution in [0.15, 0.2) is 59.7 Å². The van der Waals surface area contributed by atoms with E-state index in [4.69, 9.17) is 0 Å². The number of nitrogens with zero attached hydrogens (tertiary/aromatic N) is 2. The van der Waals surface area contributed by atoms with E-state index in [-0.39, 0.29) is 5.78 Å². The number of carbonyl (C=O) groups excluding carboxylic acids is 1. The van der Waals surface area contributed by atoms with Crippen LogP contribution in [-0.4, -0.2) is 31.1 Å². The minimum atomic E-state index is 0.0609. The first-order valence-electron chi connectivity index (χ1n) is 7.29. The molecule has 0 amide bonds. The molecule has 3 heteroatoms. The third-order valence-corrected chi connectivity index (χ3v) is 3.73. The summed E-state index contributed by atoms with van der Waals surface area (Å²) in [7, 11) is 3.71. The number of hydrogen-bond acceptors (Lipinski definition) is 3. The van der Waals surface area contributed by atoms with E-state index in [9.17, 15) is 4.79 Å². The molecule has 2 aromatic rings. The summed E-state index contributed by atoms with van der Waals surface area (Å²) < 4.78 is 0. The van der Waals surface area contributed by atoms with E-state index >= 15 is 0 Å². The van der Waals surface area contributed by atoms with Gasteiger partial charge in [0.1, 0.15) is 0 Å². The zero-order chi connectivity index (χ0) is 15.5. The van der Waals surface area contributed by atoms with Crippen molar-refractivity contribution >= 4 is 17.6 Å². The lowest BCUT2D eigenvalue weighted by Crippen LogP contribution is -2.04. The van der Waals surface area contributed by atoms with Crippen LogP contribution in [-0.2, 0) is 6.42 Å². The van der Waals surface area contributed by atoms with Gasteiger partial charge in [-0.25, -0.2) is 0 Å². The van der Waals surface area contributed by atoms with E-state index in [1.165, 1.54) is 5.56 Å². The van der Waals surface area contributed by atoms with Gasteiger partial charge in [0.05, 0.1) is 0 Å². The Bertz CT molecular complexity index is 773. The molecule has 0 radical (unpaired) electrons. The van der Waals surface area contributed by atoms with E-state index in [0.717, 1.165) is 23.1 Å². The van der Waals surface area contributed by atoms with Crippen molar-refractivity contribution in [2.75, 3.05) is 14.1 Å². The van der Waals surface area contributed by atoms with Crippen LogP contribution in [0.2, 0.25) is 0 Å². The predicted molar refractivity (Wildman–Crippen MR) is 90.2 cm³/mol. The molecule has 0 spiro atoms. The van der Waals surface area contributed by atoms with Gasteiger partial charge in [-0.1, -0.05) is 48.5 Å². The minimum absolute atomic E-state index is 0.0609.